The van der Waals surface area contributed by atoms with E-state index in [1.165, 1.54) is 28.0 Å². The molecule has 0 bridgehead atoms. The third-order valence-electron chi connectivity index (χ3n) is 5.24. The molecule has 8 heteroatoms. The topological polar surface area (TPSA) is 87.8 Å². The number of para-hydroxylation sites is 1. The highest BCUT2D eigenvalue weighted by molar-refractivity contribution is 7.99. The van der Waals surface area contributed by atoms with E-state index in [0.29, 0.717) is 38.9 Å². The van der Waals surface area contributed by atoms with Gasteiger partial charge >= 0.3 is 0 Å². The maximum absolute atomic E-state index is 12.7. The number of carbonyl (C=O) groups is 1. The van der Waals surface area contributed by atoms with Crippen molar-refractivity contribution in [3.8, 4) is 6.07 Å². The number of benzene rings is 1. The second-order valence-corrected chi connectivity index (χ2v) is 9.30. The van der Waals surface area contributed by atoms with Gasteiger partial charge in [0.15, 0.2) is 5.16 Å². The van der Waals surface area contributed by atoms with Crippen molar-refractivity contribution in [2.24, 2.45) is 0 Å². The van der Waals surface area contributed by atoms with Crippen LogP contribution in [-0.4, -0.2) is 21.2 Å². The lowest BCUT2D eigenvalue weighted by Gasteiger charge is -2.11. The third kappa shape index (κ3) is 4.00. The number of thioether (sulfide) groups is 1. The lowest BCUT2D eigenvalue weighted by Crippen LogP contribution is -2.22. The van der Waals surface area contributed by atoms with Gasteiger partial charge in [-0.15, -0.1) is 11.3 Å². The normalized spacial score (nSPS) is 13.1. The Morgan fingerprint density at radius 2 is 2.13 bits per heavy atom. The Labute approximate surface area is 182 Å². The first kappa shape index (κ1) is 20.6. The fourth-order valence-corrected chi connectivity index (χ4v) is 5.99. The lowest BCUT2D eigenvalue weighted by molar-refractivity contribution is -0.115. The first-order valence-corrected chi connectivity index (χ1v) is 11.9. The first-order valence-electron chi connectivity index (χ1n) is 10.1. The Bertz CT molecular complexity index is 1210. The molecule has 0 radical (unpaired) electrons. The summed E-state index contributed by atoms with van der Waals surface area (Å²) in [4.78, 5) is 31.0. The zero-order valence-electron chi connectivity index (χ0n) is 16.7. The smallest absolute Gasteiger partial charge is 0.262 e. The van der Waals surface area contributed by atoms with Gasteiger partial charge in [-0.2, -0.15) is 5.26 Å². The molecule has 1 N–H and O–H groups in total. The van der Waals surface area contributed by atoms with Crippen LogP contribution < -0.4 is 10.9 Å². The largest absolute Gasteiger partial charge is 0.317 e. The van der Waals surface area contributed by atoms with Gasteiger partial charge in [0.2, 0.25) is 5.91 Å². The summed E-state index contributed by atoms with van der Waals surface area (Å²) in [5, 5.41) is 14.4. The third-order valence-corrected chi connectivity index (χ3v) is 7.42. The number of hydrogen-bond donors (Lipinski definition) is 1. The van der Waals surface area contributed by atoms with Crippen LogP contribution in [0.25, 0.3) is 10.9 Å². The van der Waals surface area contributed by atoms with Crippen LogP contribution in [0.4, 0.5) is 5.00 Å². The average molecular weight is 439 g/mol. The van der Waals surface area contributed by atoms with Crippen molar-refractivity contribution in [1.29, 1.82) is 5.26 Å². The van der Waals surface area contributed by atoms with Gasteiger partial charge in [-0.3, -0.25) is 14.2 Å². The van der Waals surface area contributed by atoms with Crippen molar-refractivity contribution >= 4 is 44.9 Å². The second kappa shape index (κ2) is 9.02. The van der Waals surface area contributed by atoms with E-state index in [1.807, 2.05) is 25.1 Å². The van der Waals surface area contributed by atoms with Crippen molar-refractivity contribution in [1.82, 2.24) is 9.55 Å². The number of fused-ring (bicyclic) bond motifs is 2. The zero-order valence-corrected chi connectivity index (χ0v) is 18.4. The highest BCUT2D eigenvalue weighted by Crippen LogP contribution is 2.37. The number of aromatic nitrogens is 2. The Morgan fingerprint density at radius 1 is 1.33 bits per heavy atom. The van der Waals surface area contributed by atoms with E-state index in [-0.39, 0.29) is 17.9 Å². The number of rotatable bonds is 6. The van der Waals surface area contributed by atoms with Crippen LogP contribution >= 0.6 is 23.1 Å². The van der Waals surface area contributed by atoms with Crippen LogP contribution in [0.15, 0.2) is 34.2 Å². The van der Waals surface area contributed by atoms with Gasteiger partial charge in [0.25, 0.3) is 5.56 Å². The van der Waals surface area contributed by atoms with E-state index in [1.54, 1.807) is 10.6 Å². The Hall–Kier alpha value is -2.63. The van der Waals surface area contributed by atoms with E-state index in [2.05, 4.69) is 16.4 Å². The predicted octanol–water partition coefficient (Wildman–Crippen LogP) is 4.35. The minimum atomic E-state index is -0.121. The van der Waals surface area contributed by atoms with Crippen molar-refractivity contribution in [3.63, 3.8) is 0 Å². The molecule has 4 rings (SSSR count). The summed E-state index contributed by atoms with van der Waals surface area (Å²) in [7, 11) is 0. The Balaban J connectivity index is 1.44. The molecule has 1 aromatic carbocycles. The van der Waals surface area contributed by atoms with E-state index < -0.39 is 0 Å². The fraction of sp³-hybridized carbons (Fsp3) is 0.364. The molecule has 3 aromatic rings. The number of nitrogens with zero attached hydrogens (tertiary/aromatic N) is 3. The molecule has 0 aliphatic heterocycles. The highest BCUT2D eigenvalue weighted by atomic mass is 32.2. The molecular weight excluding hydrogens is 416 g/mol. The van der Waals surface area contributed by atoms with Crippen LogP contribution in [-0.2, 0) is 24.2 Å². The zero-order chi connectivity index (χ0) is 21.1. The van der Waals surface area contributed by atoms with Crippen molar-refractivity contribution < 1.29 is 4.79 Å². The number of amides is 1. The molecule has 0 spiro atoms. The molecule has 2 heterocycles. The Kier molecular flexibility index (Phi) is 6.21. The van der Waals surface area contributed by atoms with Crippen LogP contribution in [0.5, 0.6) is 0 Å². The van der Waals surface area contributed by atoms with Crippen molar-refractivity contribution in [2.75, 3.05) is 11.1 Å². The summed E-state index contributed by atoms with van der Waals surface area (Å²) in [5.41, 5.74) is 2.36. The van der Waals surface area contributed by atoms with E-state index >= 15 is 0 Å². The van der Waals surface area contributed by atoms with E-state index in [0.717, 1.165) is 31.2 Å². The lowest BCUT2D eigenvalue weighted by atomic mass is 9.96. The number of anilines is 1. The first-order chi connectivity index (χ1) is 14.6. The molecule has 0 atom stereocenters. The molecule has 2 aromatic heterocycles. The maximum Gasteiger partial charge on any atom is 0.262 e. The Morgan fingerprint density at radius 3 is 2.93 bits per heavy atom. The minimum absolute atomic E-state index is 0.0575. The fourth-order valence-electron chi connectivity index (χ4n) is 3.73. The van der Waals surface area contributed by atoms with Crippen molar-refractivity contribution in [3.05, 3.63) is 50.6 Å². The summed E-state index contributed by atoms with van der Waals surface area (Å²) >= 11 is 2.94. The number of nitrogens with one attached hydrogen (secondary N) is 1. The SMILES string of the molecule is CCn1c(SCCC(=O)Nc2sc3c(c2C#N)CCCC3)nc2ccccc2c1=O. The number of nitriles is 1. The molecule has 0 unspecified atom stereocenters. The average Bonchev–Trinajstić information content (AvgIpc) is 3.10. The summed E-state index contributed by atoms with van der Waals surface area (Å²) < 4.78 is 1.64. The van der Waals surface area contributed by atoms with Crippen LogP contribution in [0, 0.1) is 11.3 Å². The maximum atomic E-state index is 12.7. The monoisotopic (exact) mass is 438 g/mol. The standard InChI is InChI=1S/C22H22N4O2S2/c1-2-26-21(28)15-8-3-5-9-17(15)24-22(26)29-12-11-19(27)25-20-16(13-23)14-7-4-6-10-18(14)30-20/h3,5,8-9H,2,4,6-7,10-12H2,1H3,(H,25,27). The summed E-state index contributed by atoms with van der Waals surface area (Å²) in [6.45, 7) is 2.44. The number of carbonyl (C=O) groups excluding carboxylic acids is 1. The van der Waals surface area contributed by atoms with Gasteiger partial charge in [-0.25, -0.2) is 4.98 Å². The molecular formula is C22H22N4O2S2. The number of hydrogen-bond acceptors (Lipinski definition) is 6. The minimum Gasteiger partial charge on any atom is -0.317 e. The van der Waals surface area contributed by atoms with Gasteiger partial charge in [0.05, 0.1) is 16.5 Å². The van der Waals surface area contributed by atoms with Gasteiger partial charge in [0.1, 0.15) is 11.1 Å². The van der Waals surface area contributed by atoms with E-state index in [4.69, 9.17) is 0 Å². The molecule has 0 saturated heterocycles. The van der Waals surface area contributed by atoms with Crippen LogP contribution in [0.2, 0.25) is 0 Å². The molecule has 1 aliphatic carbocycles. The van der Waals surface area contributed by atoms with Gasteiger partial charge in [0, 0.05) is 23.6 Å². The molecule has 0 fully saturated rings. The van der Waals surface area contributed by atoms with Gasteiger partial charge < -0.3 is 5.32 Å². The number of thiophene rings is 1. The van der Waals surface area contributed by atoms with Gasteiger partial charge in [-0.1, -0.05) is 23.9 Å². The highest BCUT2D eigenvalue weighted by Gasteiger charge is 2.21. The summed E-state index contributed by atoms with van der Waals surface area (Å²) in [5.74, 6) is 0.382. The van der Waals surface area contributed by atoms with Gasteiger partial charge in [-0.05, 0) is 50.3 Å². The summed E-state index contributed by atoms with van der Waals surface area (Å²) in [6, 6.07) is 9.58. The molecule has 6 nitrogen and oxygen atoms in total. The van der Waals surface area contributed by atoms with Crippen LogP contribution in [0.1, 0.15) is 42.2 Å². The molecule has 30 heavy (non-hydrogen) atoms. The quantitative estimate of drug-likeness (QED) is 0.457. The molecule has 0 saturated carbocycles. The van der Waals surface area contributed by atoms with Crippen molar-refractivity contribution in [2.45, 2.75) is 50.7 Å². The molecule has 154 valence electrons. The van der Waals surface area contributed by atoms with Crippen LogP contribution in [0.3, 0.4) is 0 Å². The predicted molar refractivity (Wildman–Crippen MR) is 121 cm³/mol. The molecule has 1 aliphatic rings. The summed E-state index contributed by atoms with van der Waals surface area (Å²) in [6.07, 6.45) is 4.43. The number of aryl methyl sites for hydroxylation is 1. The second-order valence-electron chi connectivity index (χ2n) is 7.13. The molecule has 1 amide bonds. The van der Waals surface area contributed by atoms with E-state index in [9.17, 15) is 14.9 Å².